The van der Waals surface area contributed by atoms with E-state index in [-0.39, 0.29) is 30.7 Å². The van der Waals surface area contributed by atoms with E-state index >= 15 is 0 Å². The van der Waals surface area contributed by atoms with Crippen molar-refractivity contribution in [2.24, 2.45) is 0 Å². The molecular formula is C20H24N2O4S. The molecule has 0 amide bonds. The number of nitrogens with zero attached hydrogens (tertiary/aromatic N) is 2. The lowest BCUT2D eigenvalue weighted by Crippen LogP contribution is -2.27. The molecule has 0 aliphatic rings. The topological polar surface area (TPSA) is 86.3 Å². The van der Waals surface area contributed by atoms with E-state index in [1.54, 1.807) is 36.0 Å². The molecule has 0 N–H and O–H groups in total. The van der Waals surface area contributed by atoms with Gasteiger partial charge in [-0.15, -0.1) is 11.8 Å². The quantitative estimate of drug-likeness (QED) is 0.398. The molecule has 0 radical (unpaired) electrons. The summed E-state index contributed by atoms with van der Waals surface area (Å²) in [5, 5.41) is 22.3. The lowest BCUT2D eigenvalue weighted by molar-refractivity contribution is -0.385. The van der Waals surface area contributed by atoms with Crippen LogP contribution in [0.1, 0.15) is 51.7 Å². The molecule has 0 spiro atoms. The van der Waals surface area contributed by atoms with E-state index < -0.39 is 0 Å². The van der Waals surface area contributed by atoms with Crippen molar-refractivity contribution < 1.29 is 9.85 Å². The van der Waals surface area contributed by atoms with Crippen molar-refractivity contribution >= 4 is 23.1 Å². The summed E-state index contributed by atoms with van der Waals surface area (Å²) >= 11 is 1.70. The van der Waals surface area contributed by atoms with Crippen molar-refractivity contribution in [2.45, 2.75) is 50.0 Å². The van der Waals surface area contributed by atoms with E-state index in [0.29, 0.717) is 0 Å². The van der Waals surface area contributed by atoms with Crippen LogP contribution in [0.5, 0.6) is 0 Å². The summed E-state index contributed by atoms with van der Waals surface area (Å²) in [5.41, 5.74) is 1.91. The molecule has 6 nitrogen and oxygen atoms in total. The van der Waals surface area contributed by atoms with Gasteiger partial charge in [-0.2, -0.15) is 0 Å². The molecule has 27 heavy (non-hydrogen) atoms. The summed E-state index contributed by atoms with van der Waals surface area (Å²) in [6, 6.07) is 13.5. The lowest BCUT2D eigenvalue weighted by atomic mass is 9.96. The summed E-state index contributed by atoms with van der Waals surface area (Å²) in [6.07, 6.45) is 1.53. The Morgan fingerprint density at radius 2 is 1.19 bits per heavy atom. The molecule has 0 heterocycles. The monoisotopic (exact) mass is 388 g/mol. The van der Waals surface area contributed by atoms with Gasteiger partial charge in [-0.3, -0.25) is 20.2 Å². The van der Waals surface area contributed by atoms with Gasteiger partial charge in [0.05, 0.1) is 9.85 Å². The molecule has 0 aliphatic heterocycles. The summed E-state index contributed by atoms with van der Waals surface area (Å²) in [7, 11) is 0. The number of hydrogen-bond acceptors (Lipinski definition) is 5. The smallest absolute Gasteiger partial charge is 0.258 e. The predicted molar refractivity (Wildman–Crippen MR) is 109 cm³/mol. The maximum Gasteiger partial charge on any atom is 0.269 e. The van der Waals surface area contributed by atoms with Crippen LogP contribution in [0, 0.1) is 20.2 Å². The first-order valence-corrected chi connectivity index (χ1v) is 9.67. The van der Waals surface area contributed by atoms with Gasteiger partial charge < -0.3 is 0 Å². The Balaban J connectivity index is 2.47. The third kappa shape index (κ3) is 4.47. The van der Waals surface area contributed by atoms with E-state index in [2.05, 4.69) is 27.7 Å². The van der Waals surface area contributed by atoms with Crippen LogP contribution in [0.3, 0.4) is 0 Å². The van der Waals surface area contributed by atoms with Crippen LogP contribution in [0.15, 0.2) is 48.5 Å². The fourth-order valence-corrected chi connectivity index (χ4v) is 4.84. The van der Waals surface area contributed by atoms with Crippen LogP contribution in [0.4, 0.5) is 11.4 Å². The SMILES string of the molecule is CCC(C)(SC(C)(CC)c1cccc([N+](=O)[O-])c1)c1cccc([N+](=O)[O-])c1. The van der Waals surface area contributed by atoms with Gasteiger partial charge in [0, 0.05) is 33.8 Å². The van der Waals surface area contributed by atoms with Crippen molar-refractivity contribution in [3.63, 3.8) is 0 Å². The molecule has 0 saturated heterocycles. The van der Waals surface area contributed by atoms with Gasteiger partial charge in [0.15, 0.2) is 0 Å². The highest BCUT2D eigenvalue weighted by molar-refractivity contribution is 8.01. The molecule has 7 heteroatoms. The number of thioether (sulfide) groups is 1. The van der Waals surface area contributed by atoms with Crippen molar-refractivity contribution in [1.29, 1.82) is 0 Å². The molecular weight excluding hydrogens is 364 g/mol. The molecule has 2 aromatic rings. The predicted octanol–water partition coefficient (Wildman–Crippen LogP) is 6.19. The standard InChI is InChI=1S/C20H24N2O4S/c1-5-19(3,15-9-7-11-17(13-15)21(23)24)27-20(4,6-2)16-10-8-12-18(14-16)22(25)26/h7-14H,5-6H2,1-4H3. The zero-order valence-corrected chi connectivity index (χ0v) is 16.8. The highest BCUT2D eigenvalue weighted by Crippen LogP contribution is 2.53. The van der Waals surface area contributed by atoms with Gasteiger partial charge in [-0.25, -0.2) is 0 Å². The highest BCUT2D eigenvalue weighted by atomic mass is 32.2. The second kappa shape index (κ2) is 8.08. The van der Waals surface area contributed by atoms with E-state index in [9.17, 15) is 20.2 Å². The summed E-state index contributed by atoms with van der Waals surface area (Å²) in [4.78, 5) is 21.6. The molecule has 144 valence electrons. The Bertz CT molecular complexity index is 788. The Morgan fingerprint density at radius 3 is 1.48 bits per heavy atom. The zero-order valence-electron chi connectivity index (χ0n) is 16.0. The van der Waals surface area contributed by atoms with Gasteiger partial charge >= 0.3 is 0 Å². The summed E-state index contributed by atoms with van der Waals surface area (Å²) < 4.78 is -0.747. The van der Waals surface area contributed by atoms with Gasteiger partial charge in [-0.1, -0.05) is 38.1 Å². The first-order valence-electron chi connectivity index (χ1n) is 8.85. The number of nitro benzene ring substituents is 2. The normalized spacial score (nSPS) is 15.6. The van der Waals surface area contributed by atoms with E-state index in [1.165, 1.54) is 12.1 Å². The number of rotatable bonds is 8. The van der Waals surface area contributed by atoms with Crippen LogP contribution in [-0.2, 0) is 9.49 Å². The average Bonchev–Trinajstić information content (AvgIpc) is 2.67. The maximum atomic E-state index is 11.2. The Hall–Kier alpha value is -2.41. The molecule has 2 aromatic carbocycles. The molecule has 0 fully saturated rings. The first kappa shape index (κ1) is 20.9. The van der Waals surface area contributed by atoms with Gasteiger partial charge in [0.1, 0.15) is 0 Å². The molecule has 0 aromatic heterocycles. The number of benzene rings is 2. The largest absolute Gasteiger partial charge is 0.269 e. The minimum absolute atomic E-state index is 0.0707. The van der Waals surface area contributed by atoms with Gasteiger partial charge in [-0.05, 0) is 37.8 Å². The summed E-state index contributed by atoms with van der Waals surface area (Å²) in [6.45, 7) is 8.24. The van der Waals surface area contributed by atoms with Crippen molar-refractivity contribution in [2.75, 3.05) is 0 Å². The molecule has 0 bridgehead atoms. The third-order valence-corrected chi connectivity index (χ3v) is 7.08. The second-order valence-electron chi connectivity index (χ2n) is 6.89. The number of hydrogen-bond donors (Lipinski definition) is 0. The van der Waals surface area contributed by atoms with Crippen molar-refractivity contribution in [3.05, 3.63) is 79.9 Å². The van der Waals surface area contributed by atoms with Crippen LogP contribution >= 0.6 is 11.8 Å². The third-order valence-electron chi connectivity index (χ3n) is 5.14. The van der Waals surface area contributed by atoms with Crippen LogP contribution in [0.25, 0.3) is 0 Å². The zero-order chi connectivity index (χ0) is 20.2. The Labute approximate surface area is 163 Å². The fourth-order valence-electron chi connectivity index (χ4n) is 3.06. The van der Waals surface area contributed by atoms with Crippen LogP contribution < -0.4 is 0 Å². The van der Waals surface area contributed by atoms with E-state index in [1.807, 2.05) is 12.1 Å². The molecule has 2 rings (SSSR count). The van der Waals surface area contributed by atoms with Gasteiger partial charge in [0.25, 0.3) is 11.4 Å². The molecule has 2 unspecified atom stereocenters. The van der Waals surface area contributed by atoms with Gasteiger partial charge in [0.2, 0.25) is 0 Å². The average molecular weight is 388 g/mol. The van der Waals surface area contributed by atoms with Crippen LogP contribution in [-0.4, -0.2) is 9.85 Å². The highest BCUT2D eigenvalue weighted by Gasteiger charge is 2.37. The lowest BCUT2D eigenvalue weighted by Gasteiger charge is -2.39. The summed E-state index contributed by atoms with van der Waals surface area (Å²) in [5.74, 6) is 0. The number of non-ortho nitro benzene ring substituents is 2. The second-order valence-corrected chi connectivity index (χ2v) is 8.89. The minimum atomic E-state index is -0.385. The minimum Gasteiger partial charge on any atom is -0.258 e. The van der Waals surface area contributed by atoms with E-state index in [4.69, 9.17) is 0 Å². The molecule has 0 saturated carbocycles. The Morgan fingerprint density at radius 1 is 0.815 bits per heavy atom. The van der Waals surface area contributed by atoms with Crippen molar-refractivity contribution in [3.8, 4) is 0 Å². The molecule has 2 atom stereocenters. The fraction of sp³-hybridized carbons (Fsp3) is 0.400. The first-order chi connectivity index (χ1) is 12.6. The Kier molecular flexibility index (Phi) is 6.26. The van der Waals surface area contributed by atoms with Crippen molar-refractivity contribution in [1.82, 2.24) is 0 Å². The van der Waals surface area contributed by atoms with E-state index in [0.717, 1.165) is 24.0 Å². The van der Waals surface area contributed by atoms with Crippen LogP contribution in [0.2, 0.25) is 0 Å². The maximum absolute atomic E-state index is 11.2. The molecule has 0 aliphatic carbocycles. The number of nitro groups is 2.